The van der Waals surface area contributed by atoms with Gasteiger partial charge >= 0.3 is 0 Å². The van der Waals surface area contributed by atoms with Gasteiger partial charge in [0.05, 0.1) is 16.0 Å². The molecule has 0 radical (unpaired) electrons. The Morgan fingerprint density at radius 3 is 2.78 bits per heavy atom. The third-order valence-electron chi connectivity index (χ3n) is 2.36. The Balaban J connectivity index is 2.42. The average Bonchev–Trinajstić information content (AvgIpc) is 2.76. The molecule has 0 aromatic carbocycles. The molecule has 1 aromatic rings. The number of amides is 2. The fourth-order valence-electron chi connectivity index (χ4n) is 1.34. The molecule has 3 N–H and O–H groups in total. The minimum absolute atomic E-state index is 0.158. The molecule has 5 nitrogen and oxygen atoms in total. The molecule has 0 fully saturated rings. The van der Waals surface area contributed by atoms with E-state index in [1.54, 1.807) is 12.1 Å². The maximum absolute atomic E-state index is 11.7. The van der Waals surface area contributed by atoms with Crippen molar-refractivity contribution in [2.24, 2.45) is 0 Å². The number of anilines is 1. The van der Waals surface area contributed by atoms with Crippen LogP contribution in [0.1, 0.15) is 36.4 Å². The third-order valence-corrected chi connectivity index (χ3v) is 3.36. The summed E-state index contributed by atoms with van der Waals surface area (Å²) in [5, 5.41) is 15.4. The fourth-order valence-corrected chi connectivity index (χ4v) is 2.21. The van der Waals surface area contributed by atoms with Gasteiger partial charge in [-0.1, -0.05) is 6.92 Å². The number of hydrogen-bond acceptors (Lipinski definition) is 4. The van der Waals surface area contributed by atoms with Crippen molar-refractivity contribution in [1.82, 2.24) is 5.32 Å². The third kappa shape index (κ3) is 4.85. The Labute approximate surface area is 110 Å². The van der Waals surface area contributed by atoms with Crippen molar-refractivity contribution in [2.45, 2.75) is 32.8 Å². The lowest BCUT2D eigenvalue weighted by Crippen LogP contribution is -2.26. The summed E-state index contributed by atoms with van der Waals surface area (Å²) < 4.78 is 0. The number of hydrogen-bond donors (Lipinski definition) is 3. The molecule has 0 aliphatic heterocycles. The van der Waals surface area contributed by atoms with Crippen molar-refractivity contribution in [1.29, 1.82) is 0 Å². The monoisotopic (exact) mass is 270 g/mol. The van der Waals surface area contributed by atoms with Crippen LogP contribution >= 0.6 is 11.3 Å². The van der Waals surface area contributed by atoms with E-state index in [-0.39, 0.29) is 17.9 Å². The molecule has 100 valence electrons. The first-order valence-corrected chi connectivity index (χ1v) is 6.68. The summed E-state index contributed by atoms with van der Waals surface area (Å²) in [4.78, 5) is 23.1. The molecule has 0 aliphatic carbocycles. The van der Waals surface area contributed by atoms with Crippen LogP contribution in [0.15, 0.2) is 12.1 Å². The molecule has 1 atom stereocenters. The van der Waals surface area contributed by atoms with Gasteiger partial charge in [-0.15, -0.1) is 11.3 Å². The molecule has 1 aromatic heterocycles. The molecule has 0 spiro atoms. The smallest absolute Gasteiger partial charge is 0.261 e. The molecule has 0 bridgehead atoms. The highest BCUT2D eigenvalue weighted by atomic mass is 32.1. The van der Waals surface area contributed by atoms with Gasteiger partial charge in [0.1, 0.15) is 0 Å². The Hall–Kier alpha value is -1.40. The number of aliphatic hydroxyl groups excluding tert-OH is 1. The number of thiophene rings is 1. The first-order chi connectivity index (χ1) is 8.52. The summed E-state index contributed by atoms with van der Waals surface area (Å²) in [5.41, 5.74) is 0. The van der Waals surface area contributed by atoms with Crippen LogP contribution in [0.3, 0.4) is 0 Å². The summed E-state index contributed by atoms with van der Waals surface area (Å²) in [7, 11) is 0. The molecule has 6 heteroatoms. The van der Waals surface area contributed by atoms with Crippen molar-refractivity contribution in [3.63, 3.8) is 0 Å². The van der Waals surface area contributed by atoms with Crippen molar-refractivity contribution >= 4 is 28.2 Å². The second-order valence-corrected chi connectivity index (χ2v) is 5.04. The molecule has 1 rings (SSSR count). The number of carbonyl (C=O) groups excluding carboxylic acids is 2. The van der Waals surface area contributed by atoms with E-state index >= 15 is 0 Å². The molecule has 18 heavy (non-hydrogen) atoms. The second-order valence-electron chi connectivity index (χ2n) is 3.95. The Morgan fingerprint density at radius 1 is 1.44 bits per heavy atom. The molecular weight excluding hydrogens is 252 g/mol. The van der Waals surface area contributed by atoms with Crippen molar-refractivity contribution < 1.29 is 14.7 Å². The fraction of sp³-hybridized carbons (Fsp3) is 0.500. The standard InChI is InChI=1S/C12H18N2O3S/c1-3-9(16)6-7-13-12(17)10-4-5-11(18-10)14-8(2)15/h4-5,9,16H,3,6-7H2,1-2H3,(H,13,17)(H,14,15). The van der Waals surface area contributed by atoms with Crippen LogP contribution in [-0.2, 0) is 4.79 Å². The number of carbonyl (C=O) groups is 2. The van der Waals surface area contributed by atoms with Gasteiger partial charge in [0.2, 0.25) is 5.91 Å². The average molecular weight is 270 g/mol. The van der Waals surface area contributed by atoms with E-state index < -0.39 is 0 Å². The molecule has 0 aliphatic rings. The zero-order valence-corrected chi connectivity index (χ0v) is 11.3. The highest BCUT2D eigenvalue weighted by molar-refractivity contribution is 7.18. The van der Waals surface area contributed by atoms with Gasteiger partial charge in [-0.25, -0.2) is 0 Å². The van der Waals surface area contributed by atoms with Crippen LogP contribution in [0.5, 0.6) is 0 Å². The predicted octanol–water partition coefficient (Wildman–Crippen LogP) is 1.60. The van der Waals surface area contributed by atoms with Gasteiger partial charge in [0.25, 0.3) is 5.91 Å². The first kappa shape index (κ1) is 14.7. The lowest BCUT2D eigenvalue weighted by Gasteiger charge is -2.07. The van der Waals surface area contributed by atoms with Crippen LogP contribution in [0.2, 0.25) is 0 Å². The summed E-state index contributed by atoms with van der Waals surface area (Å²) in [6.07, 6.45) is 0.858. The summed E-state index contributed by atoms with van der Waals surface area (Å²) >= 11 is 1.23. The van der Waals surface area contributed by atoms with E-state index in [2.05, 4.69) is 10.6 Å². The minimum Gasteiger partial charge on any atom is -0.393 e. The van der Waals surface area contributed by atoms with E-state index in [0.717, 1.165) is 0 Å². The summed E-state index contributed by atoms with van der Waals surface area (Å²) in [5.74, 6) is -0.338. The maximum Gasteiger partial charge on any atom is 0.261 e. The highest BCUT2D eigenvalue weighted by Crippen LogP contribution is 2.21. The topological polar surface area (TPSA) is 78.4 Å². The van der Waals surface area contributed by atoms with E-state index in [9.17, 15) is 14.7 Å². The zero-order valence-electron chi connectivity index (χ0n) is 10.5. The summed E-state index contributed by atoms with van der Waals surface area (Å²) in [6.45, 7) is 3.76. The van der Waals surface area contributed by atoms with Crippen LogP contribution in [0.25, 0.3) is 0 Å². The quantitative estimate of drug-likeness (QED) is 0.734. The zero-order chi connectivity index (χ0) is 13.5. The molecule has 1 unspecified atom stereocenters. The lowest BCUT2D eigenvalue weighted by atomic mass is 10.2. The molecular formula is C12H18N2O3S. The van der Waals surface area contributed by atoms with Crippen molar-refractivity contribution in [2.75, 3.05) is 11.9 Å². The van der Waals surface area contributed by atoms with Gasteiger partial charge in [-0.3, -0.25) is 9.59 Å². The van der Waals surface area contributed by atoms with Crippen molar-refractivity contribution in [3.05, 3.63) is 17.0 Å². The van der Waals surface area contributed by atoms with Gasteiger partial charge in [-0.2, -0.15) is 0 Å². The van der Waals surface area contributed by atoms with Crippen LogP contribution in [0, 0.1) is 0 Å². The normalized spacial score (nSPS) is 11.9. The maximum atomic E-state index is 11.7. The molecule has 0 saturated carbocycles. The van der Waals surface area contributed by atoms with E-state index in [4.69, 9.17) is 0 Å². The van der Waals surface area contributed by atoms with E-state index in [0.29, 0.717) is 29.3 Å². The van der Waals surface area contributed by atoms with Crippen LogP contribution < -0.4 is 10.6 Å². The van der Waals surface area contributed by atoms with E-state index in [1.165, 1.54) is 18.3 Å². The largest absolute Gasteiger partial charge is 0.393 e. The molecule has 2 amide bonds. The Morgan fingerprint density at radius 2 is 2.17 bits per heavy atom. The Bertz CT molecular complexity index is 417. The second kappa shape index (κ2) is 7.13. The highest BCUT2D eigenvalue weighted by Gasteiger charge is 2.10. The first-order valence-electron chi connectivity index (χ1n) is 5.86. The SMILES string of the molecule is CCC(O)CCNC(=O)c1ccc(NC(C)=O)s1. The lowest BCUT2D eigenvalue weighted by molar-refractivity contribution is -0.114. The number of rotatable bonds is 6. The Kier molecular flexibility index (Phi) is 5.80. The number of aliphatic hydroxyl groups is 1. The molecule has 0 saturated heterocycles. The van der Waals surface area contributed by atoms with Crippen LogP contribution in [0.4, 0.5) is 5.00 Å². The van der Waals surface area contributed by atoms with Gasteiger partial charge in [0.15, 0.2) is 0 Å². The molecule has 1 heterocycles. The van der Waals surface area contributed by atoms with Crippen molar-refractivity contribution in [3.8, 4) is 0 Å². The van der Waals surface area contributed by atoms with Crippen LogP contribution in [-0.4, -0.2) is 29.6 Å². The van der Waals surface area contributed by atoms with E-state index in [1.807, 2.05) is 6.92 Å². The van der Waals surface area contributed by atoms with Gasteiger partial charge in [0, 0.05) is 13.5 Å². The van der Waals surface area contributed by atoms with Gasteiger partial charge < -0.3 is 15.7 Å². The number of nitrogens with one attached hydrogen (secondary N) is 2. The summed E-state index contributed by atoms with van der Waals surface area (Å²) in [6, 6.07) is 3.36. The minimum atomic E-state index is -0.372. The van der Waals surface area contributed by atoms with Gasteiger partial charge in [-0.05, 0) is 25.0 Å². The predicted molar refractivity (Wildman–Crippen MR) is 71.9 cm³/mol.